The van der Waals surface area contributed by atoms with Gasteiger partial charge >= 0.3 is 0 Å². The Kier molecular flexibility index (Phi) is 2.14. The smallest absolute Gasteiger partial charge is 0.0474 e. The van der Waals surface area contributed by atoms with E-state index in [1.807, 2.05) is 0 Å². The lowest BCUT2D eigenvalue weighted by Crippen LogP contribution is -2.37. The third-order valence-electron chi connectivity index (χ3n) is 3.23. The van der Waals surface area contributed by atoms with E-state index >= 15 is 0 Å². The second kappa shape index (κ2) is 3.11. The van der Waals surface area contributed by atoms with Crippen molar-refractivity contribution in [2.75, 3.05) is 19.7 Å². The fraction of sp³-hybridized carbons (Fsp3) is 1.00. The summed E-state index contributed by atoms with van der Waals surface area (Å²) in [6, 6.07) is 0.730. The molecule has 2 heterocycles. The van der Waals surface area contributed by atoms with E-state index in [2.05, 4.69) is 4.90 Å². The summed E-state index contributed by atoms with van der Waals surface area (Å²) in [7, 11) is 0. The molecule has 2 fully saturated rings. The molecule has 0 amide bonds. The van der Waals surface area contributed by atoms with E-state index in [0.29, 0.717) is 12.5 Å². The van der Waals surface area contributed by atoms with Crippen LogP contribution in [0, 0.1) is 5.92 Å². The molecular weight excluding hydrogens is 138 g/mol. The standard InChI is InChI=1S/C9H17NO/c11-7-8-4-6-10-5-2-1-3-9(8)10/h8-9,11H,1-7H2/t8-,9+/m1/s1. The number of rotatable bonds is 1. The predicted octanol–water partition coefficient (Wildman–Crippen LogP) is 0.853. The van der Waals surface area contributed by atoms with E-state index in [1.165, 1.54) is 38.8 Å². The Labute approximate surface area is 68.2 Å². The number of aliphatic hydroxyl groups is 1. The molecule has 2 saturated heterocycles. The number of piperidine rings is 1. The first kappa shape index (κ1) is 7.56. The highest BCUT2D eigenvalue weighted by Gasteiger charge is 2.34. The molecule has 0 bridgehead atoms. The summed E-state index contributed by atoms with van der Waals surface area (Å²) in [5.74, 6) is 0.593. The zero-order valence-electron chi connectivity index (χ0n) is 7.00. The first-order chi connectivity index (χ1) is 5.42. The van der Waals surface area contributed by atoms with Crippen molar-refractivity contribution in [1.29, 1.82) is 0 Å². The highest BCUT2D eigenvalue weighted by Crippen LogP contribution is 2.31. The lowest BCUT2D eigenvalue weighted by molar-refractivity contribution is 0.134. The summed E-state index contributed by atoms with van der Waals surface area (Å²) in [6.07, 6.45) is 5.29. The summed E-state index contributed by atoms with van der Waals surface area (Å²) >= 11 is 0. The summed E-state index contributed by atoms with van der Waals surface area (Å²) in [5.41, 5.74) is 0. The van der Waals surface area contributed by atoms with Crippen LogP contribution in [0.5, 0.6) is 0 Å². The van der Waals surface area contributed by atoms with Gasteiger partial charge in [-0.15, -0.1) is 0 Å². The SMILES string of the molecule is OC[C@H]1CCN2CCCC[C@@H]12. The largest absolute Gasteiger partial charge is 0.396 e. The van der Waals surface area contributed by atoms with Gasteiger partial charge in [0.1, 0.15) is 0 Å². The number of hydrogen-bond donors (Lipinski definition) is 1. The monoisotopic (exact) mass is 155 g/mol. The van der Waals surface area contributed by atoms with E-state index in [9.17, 15) is 0 Å². The molecule has 2 aliphatic heterocycles. The number of aliphatic hydroxyl groups excluding tert-OH is 1. The van der Waals surface area contributed by atoms with Crippen LogP contribution >= 0.6 is 0 Å². The molecule has 2 atom stereocenters. The van der Waals surface area contributed by atoms with Crippen LogP contribution in [-0.2, 0) is 0 Å². The molecule has 2 nitrogen and oxygen atoms in total. The maximum atomic E-state index is 9.08. The van der Waals surface area contributed by atoms with Crippen molar-refractivity contribution >= 4 is 0 Å². The lowest BCUT2D eigenvalue weighted by Gasteiger charge is -2.31. The second-order valence-electron chi connectivity index (χ2n) is 3.83. The Morgan fingerprint density at radius 2 is 2.09 bits per heavy atom. The lowest BCUT2D eigenvalue weighted by atomic mass is 9.94. The van der Waals surface area contributed by atoms with Gasteiger partial charge in [-0.25, -0.2) is 0 Å². The zero-order chi connectivity index (χ0) is 7.68. The molecule has 1 N–H and O–H groups in total. The molecule has 0 saturated carbocycles. The fourth-order valence-electron chi connectivity index (χ4n) is 2.57. The molecule has 0 radical (unpaired) electrons. The second-order valence-corrected chi connectivity index (χ2v) is 3.83. The van der Waals surface area contributed by atoms with E-state index in [0.717, 1.165) is 6.04 Å². The van der Waals surface area contributed by atoms with Crippen LogP contribution in [0.2, 0.25) is 0 Å². The summed E-state index contributed by atoms with van der Waals surface area (Å²) < 4.78 is 0. The first-order valence-electron chi connectivity index (χ1n) is 4.76. The fourth-order valence-corrected chi connectivity index (χ4v) is 2.57. The highest BCUT2D eigenvalue weighted by atomic mass is 16.3. The van der Waals surface area contributed by atoms with Crippen LogP contribution in [0.25, 0.3) is 0 Å². The summed E-state index contributed by atoms with van der Waals surface area (Å²) in [5, 5.41) is 9.08. The minimum atomic E-state index is 0.404. The number of hydrogen-bond acceptors (Lipinski definition) is 2. The normalized spacial score (nSPS) is 39.0. The molecule has 0 unspecified atom stereocenters. The van der Waals surface area contributed by atoms with Crippen molar-refractivity contribution in [2.24, 2.45) is 5.92 Å². The molecule has 0 aliphatic carbocycles. The number of nitrogens with zero attached hydrogens (tertiary/aromatic N) is 1. The molecule has 64 valence electrons. The van der Waals surface area contributed by atoms with Crippen LogP contribution < -0.4 is 0 Å². The van der Waals surface area contributed by atoms with E-state index in [4.69, 9.17) is 5.11 Å². The van der Waals surface area contributed by atoms with E-state index < -0.39 is 0 Å². The van der Waals surface area contributed by atoms with Crippen LogP contribution in [-0.4, -0.2) is 35.7 Å². The third-order valence-corrected chi connectivity index (χ3v) is 3.23. The van der Waals surface area contributed by atoms with Crippen molar-refractivity contribution in [3.63, 3.8) is 0 Å². The third kappa shape index (κ3) is 1.30. The Bertz CT molecular complexity index is 132. The molecule has 2 rings (SSSR count). The molecule has 0 aromatic carbocycles. The van der Waals surface area contributed by atoms with Crippen molar-refractivity contribution in [1.82, 2.24) is 4.90 Å². The van der Waals surface area contributed by atoms with Crippen molar-refractivity contribution in [3.8, 4) is 0 Å². The molecule has 2 aliphatic rings. The minimum absolute atomic E-state index is 0.404. The highest BCUT2D eigenvalue weighted by molar-refractivity contribution is 4.88. The van der Waals surface area contributed by atoms with E-state index in [-0.39, 0.29) is 0 Å². The maximum absolute atomic E-state index is 9.08. The van der Waals surface area contributed by atoms with Gasteiger partial charge < -0.3 is 10.0 Å². The molecule has 11 heavy (non-hydrogen) atoms. The zero-order valence-corrected chi connectivity index (χ0v) is 7.00. The van der Waals surface area contributed by atoms with Crippen LogP contribution in [0.4, 0.5) is 0 Å². The Morgan fingerprint density at radius 1 is 1.18 bits per heavy atom. The van der Waals surface area contributed by atoms with Crippen molar-refractivity contribution in [2.45, 2.75) is 31.7 Å². The summed E-state index contributed by atoms with van der Waals surface area (Å²) in [6.45, 7) is 2.91. The van der Waals surface area contributed by atoms with Gasteiger partial charge in [-0.3, -0.25) is 0 Å². The van der Waals surface area contributed by atoms with Crippen LogP contribution in [0.15, 0.2) is 0 Å². The van der Waals surface area contributed by atoms with Gasteiger partial charge in [-0.1, -0.05) is 6.42 Å². The first-order valence-corrected chi connectivity index (χ1v) is 4.76. The average molecular weight is 155 g/mol. The van der Waals surface area contributed by atoms with Crippen molar-refractivity contribution in [3.05, 3.63) is 0 Å². The Morgan fingerprint density at radius 3 is 2.91 bits per heavy atom. The summed E-state index contributed by atoms with van der Waals surface area (Å²) in [4.78, 5) is 2.56. The number of fused-ring (bicyclic) bond motifs is 1. The maximum Gasteiger partial charge on any atom is 0.0474 e. The Hall–Kier alpha value is -0.0800. The molecule has 0 spiro atoms. The van der Waals surface area contributed by atoms with Gasteiger partial charge in [0, 0.05) is 12.6 Å². The average Bonchev–Trinajstić information content (AvgIpc) is 2.47. The van der Waals surface area contributed by atoms with Crippen LogP contribution in [0.1, 0.15) is 25.7 Å². The predicted molar refractivity (Wildman–Crippen MR) is 44.4 cm³/mol. The van der Waals surface area contributed by atoms with Gasteiger partial charge in [-0.2, -0.15) is 0 Å². The van der Waals surface area contributed by atoms with Gasteiger partial charge in [0.25, 0.3) is 0 Å². The van der Waals surface area contributed by atoms with E-state index in [1.54, 1.807) is 0 Å². The van der Waals surface area contributed by atoms with Crippen LogP contribution in [0.3, 0.4) is 0 Å². The molecular formula is C9H17NO. The minimum Gasteiger partial charge on any atom is -0.396 e. The molecule has 0 aromatic rings. The van der Waals surface area contributed by atoms with Gasteiger partial charge in [-0.05, 0) is 38.3 Å². The van der Waals surface area contributed by atoms with Gasteiger partial charge in [0.05, 0.1) is 0 Å². The topological polar surface area (TPSA) is 23.5 Å². The van der Waals surface area contributed by atoms with Crippen molar-refractivity contribution < 1.29 is 5.11 Å². The van der Waals surface area contributed by atoms with Gasteiger partial charge in [0.15, 0.2) is 0 Å². The van der Waals surface area contributed by atoms with Gasteiger partial charge in [0.2, 0.25) is 0 Å². The molecule has 0 aromatic heterocycles. The Balaban J connectivity index is 1.98. The molecule has 2 heteroatoms. The quantitative estimate of drug-likeness (QED) is 0.607.